The molecule has 0 aliphatic heterocycles. The second kappa shape index (κ2) is 19.1. The van der Waals surface area contributed by atoms with Crippen LogP contribution in [0.4, 0.5) is 0 Å². The zero-order valence-corrected chi connectivity index (χ0v) is 39.5. The summed E-state index contributed by atoms with van der Waals surface area (Å²) in [6, 6.07) is 58.6. The Hall–Kier alpha value is -8.73. The SMILES string of the molecule is C=C(/C=C(\C=C\c1ccc2c3c(cccc13)-c1ccccc1-2)c1ccc2c3c(cccc13)-c1ccccc1-2)C1C=C(c2cccc(C/C=C\C=C/N)n2)C=C(c2cccc(-c3ccccn3)n2)C1.CC. The first-order valence-electron chi connectivity index (χ1n) is 24.3. The molecule has 0 saturated carbocycles. The molecular weight excluding hydrogens is 849 g/mol. The van der Waals surface area contributed by atoms with Crippen LogP contribution in [0.25, 0.3) is 100 Å². The molecule has 0 fully saturated rings. The predicted molar refractivity (Wildman–Crippen MR) is 296 cm³/mol. The predicted octanol–water partition coefficient (Wildman–Crippen LogP) is 16.6. The van der Waals surface area contributed by atoms with Crippen LogP contribution in [0.2, 0.25) is 0 Å². The molecule has 70 heavy (non-hydrogen) atoms. The van der Waals surface area contributed by atoms with Gasteiger partial charge in [-0.1, -0.05) is 184 Å². The number of benzene rings is 6. The van der Waals surface area contributed by atoms with Crippen molar-refractivity contribution in [3.8, 4) is 55.9 Å². The van der Waals surface area contributed by atoms with E-state index in [4.69, 9.17) is 22.3 Å². The lowest BCUT2D eigenvalue weighted by atomic mass is 9.82. The van der Waals surface area contributed by atoms with Crippen LogP contribution in [-0.4, -0.2) is 15.0 Å². The summed E-state index contributed by atoms with van der Waals surface area (Å²) in [5, 5.41) is 5.08. The lowest BCUT2D eigenvalue weighted by molar-refractivity contribution is 0.802. The van der Waals surface area contributed by atoms with Gasteiger partial charge in [0.2, 0.25) is 0 Å². The van der Waals surface area contributed by atoms with Gasteiger partial charge in [0, 0.05) is 24.2 Å². The summed E-state index contributed by atoms with van der Waals surface area (Å²) >= 11 is 0. The van der Waals surface area contributed by atoms with Gasteiger partial charge in [-0.05, 0) is 161 Å². The molecule has 3 aromatic heterocycles. The fraction of sp³-hybridized carbons (Fsp3) is 0.0758. The second-order valence-corrected chi connectivity index (χ2v) is 17.7. The van der Waals surface area contributed by atoms with Gasteiger partial charge < -0.3 is 5.73 Å². The molecule has 0 radical (unpaired) electrons. The molecule has 3 aliphatic rings. The average Bonchev–Trinajstić information content (AvgIpc) is 3.94. The highest BCUT2D eigenvalue weighted by Gasteiger charge is 2.26. The number of fused-ring (bicyclic) bond motifs is 6. The highest BCUT2D eigenvalue weighted by atomic mass is 14.8. The summed E-state index contributed by atoms with van der Waals surface area (Å²) in [7, 11) is 0. The monoisotopic (exact) mass is 900 g/mol. The number of allylic oxidation sites excluding steroid dienone is 11. The lowest BCUT2D eigenvalue weighted by Crippen LogP contribution is -2.08. The Morgan fingerprint density at radius 3 is 1.90 bits per heavy atom. The van der Waals surface area contributed by atoms with Gasteiger partial charge in [-0.15, -0.1) is 0 Å². The molecule has 9 aromatic rings. The molecule has 0 amide bonds. The third-order valence-electron chi connectivity index (χ3n) is 13.6. The van der Waals surface area contributed by atoms with Crippen molar-refractivity contribution in [1.82, 2.24) is 15.0 Å². The van der Waals surface area contributed by atoms with Gasteiger partial charge in [-0.3, -0.25) is 9.97 Å². The molecule has 336 valence electrons. The summed E-state index contributed by atoms with van der Waals surface area (Å²) in [6.45, 7) is 8.90. The second-order valence-electron chi connectivity index (χ2n) is 17.7. The Morgan fingerprint density at radius 1 is 0.586 bits per heavy atom. The van der Waals surface area contributed by atoms with Crippen LogP contribution in [0, 0.1) is 5.92 Å². The Balaban J connectivity index is 0.00000263. The van der Waals surface area contributed by atoms with E-state index in [9.17, 15) is 0 Å². The van der Waals surface area contributed by atoms with Gasteiger partial charge >= 0.3 is 0 Å². The standard InChI is InChI=1S/C64H46N4.C2H6/c1-41(44-38-45(59-26-11-16-47(67-59)15-3-2-9-35-65)40-46(39-44)60-27-14-28-62(68-60)61-25-8-10-36-66-61)37-43(48-33-34-58-53-20-7-5-18-51(53)56-24-13-22-54(48)64(56)58)30-29-42-31-32-57-52-19-6-4-17-50(52)55-23-12-21-49(42)63(55)57;1-2/h2-14,16-38,40,44H,1,15,39,65H2;1-2H3/b3-2-,30-29+,35-9-,43-37+;. The van der Waals surface area contributed by atoms with Crippen molar-refractivity contribution in [3.63, 3.8) is 0 Å². The molecule has 4 nitrogen and oxygen atoms in total. The minimum absolute atomic E-state index is 0.0509. The van der Waals surface area contributed by atoms with E-state index >= 15 is 0 Å². The van der Waals surface area contributed by atoms with Crippen LogP contribution in [0.5, 0.6) is 0 Å². The van der Waals surface area contributed by atoms with E-state index in [0.717, 1.165) is 57.2 Å². The minimum atomic E-state index is -0.0509. The molecule has 3 aliphatic carbocycles. The number of hydrogen-bond acceptors (Lipinski definition) is 4. The topological polar surface area (TPSA) is 64.7 Å². The van der Waals surface area contributed by atoms with Crippen LogP contribution in [0.3, 0.4) is 0 Å². The molecule has 1 unspecified atom stereocenters. The van der Waals surface area contributed by atoms with Crippen LogP contribution < -0.4 is 5.73 Å². The summed E-state index contributed by atoms with van der Waals surface area (Å²) in [6.07, 6.45) is 22.1. The largest absolute Gasteiger partial charge is 0.405 e. The van der Waals surface area contributed by atoms with Crippen molar-refractivity contribution in [2.45, 2.75) is 26.7 Å². The number of hydrogen-bond donors (Lipinski definition) is 1. The van der Waals surface area contributed by atoms with Gasteiger partial charge in [0.15, 0.2) is 0 Å². The van der Waals surface area contributed by atoms with Gasteiger partial charge in [0.25, 0.3) is 0 Å². The van der Waals surface area contributed by atoms with Crippen molar-refractivity contribution in [1.29, 1.82) is 0 Å². The van der Waals surface area contributed by atoms with Crippen LogP contribution in [-0.2, 0) is 6.42 Å². The molecule has 6 aromatic carbocycles. The third kappa shape index (κ3) is 8.03. The fourth-order valence-electron chi connectivity index (χ4n) is 10.5. The molecule has 4 heteroatoms. The van der Waals surface area contributed by atoms with E-state index in [2.05, 4.69) is 181 Å². The van der Waals surface area contributed by atoms with E-state index in [1.807, 2.05) is 56.5 Å². The Labute approximate surface area is 410 Å². The quantitative estimate of drug-likeness (QED) is 0.131. The summed E-state index contributed by atoms with van der Waals surface area (Å²) in [5.74, 6) is -0.0509. The highest BCUT2D eigenvalue weighted by molar-refractivity contribution is 6.19. The highest BCUT2D eigenvalue weighted by Crippen LogP contribution is 2.50. The maximum atomic E-state index is 5.59. The summed E-state index contributed by atoms with van der Waals surface area (Å²) in [4.78, 5) is 15.0. The maximum Gasteiger partial charge on any atom is 0.0893 e. The number of nitrogens with two attached hydrogens (primary N) is 1. The van der Waals surface area contributed by atoms with Gasteiger partial charge in [-0.25, -0.2) is 4.98 Å². The van der Waals surface area contributed by atoms with Crippen molar-refractivity contribution in [3.05, 3.63) is 259 Å². The molecule has 2 N–H and O–H groups in total. The molecule has 0 spiro atoms. The van der Waals surface area contributed by atoms with Crippen molar-refractivity contribution in [2.24, 2.45) is 11.7 Å². The minimum Gasteiger partial charge on any atom is -0.405 e. The van der Waals surface area contributed by atoms with E-state index < -0.39 is 0 Å². The average molecular weight is 901 g/mol. The molecule has 0 saturated heterocycles. The Bertz CT molecular complexity index is 3650. The zero-order valence-electron chi connectivity index (χ0n) is 39.5. The molecular formula is C66H52N4. The number of rotatable bonds is 11. The van der Waals surface area contributed by atoms with Crippen molar-refractivity contribution in [2.75, 3.05) is 0 Å². The van der Waals surface area contributed by atoms with E-state index in [-0.39, 0.29) is 5.92 Å². The van der Waals surface area contributed by atoms with E-state index in [1.165, 1.54) is 83.4 Å². The maximum absolute atomic E-state index is 5.59. The smallest absolute Gasteiger partial charge is 0.0893 e. The first kappa shape index (κ1) is 43.8. The van der Waals surface area contributed by atoms with Crippen molar-refractivity contribution >= 4 is 44.3 Å². The van der Waals surface area contributed by atoms with Crippen molar-refractivity contribution < 1.29 is 0 Å². The number of nitrogens with zero attached hydrogens (tertiary/aromatic N) is 3. The Kier molecular flexibility index (Phi) is 12.0. The fourth-order valence-corrected chi connectivity index (χ4v) is 10.5. The van der Waals surface area contributed by atoms with Gasteiger partial charge in [-0.2, -0.15) is 0 Å². The molecule has 1 atom stereocenters. The van der Waals surface area contributed by atoms with Crippen LogP contribution in [0.1, 0.15) is 48.5 Å². The molecule has 12 rings (SSSR count). The first-order chi connectivity index (χ1) is 34.6. The first-order valence-corrected chi connectivity index (χ1v) is 24.3. The van der Waals surface area contributed by atoms with Crippen LogP contribution in [0.15, 0.2) is 231 Å². The lowest BCUT2D eigenvalue weighted by Gasteiger charge is -2.23. The zero-order chi connectivity index (χ0) is 47.6. The molecule has 0 bridgehead atoms. The normalized spacial score (nSPS) is 14.5. The third-order valence-corrected chi connectivity index (χ3v) is 13.6. The van der Waals surface area contributed by atoms with Gasteiger partial charge in [0.1, 0.15) is 0 Å². The van der Waals surface area contributed by atoms with Gasteiger partial charge in [0.05, 0.1) is 22.8 Å². The Morgan fingerprint density at radius 2 is 1.19 bits per heavy atom. The number of aromatic nitrogens is 3. The molecule has 3 heterocycles. The number of pyridine rings is 3. The summed E-state index contributed by atoms with van der Waals surface area (Å²) < 4.78 is 0. The van der Waals surface area contributed by atoms with E-state index in [1.54, 1.807) is 0 Å². The van der Waals surface area contributed by atoms with E-state index in [0.29, 0.717) is 6.42 Å². The van der Waals surface area contributed by atoms with Crippen LogP contribution >= 0.6 is 0 Å². The summed E-state index contributed by atoms with van der Waals surface area (Å²) in [5.41, 5.74) is 27.0.